The van der Waals surface area contributed by atoms with E-state index >= 15 is 16.8 Å². The van der Waals surface area contributed by atoms with E-state index in [0.29, 0.717) is 50.8 Å². The number of nitrogens with zero attached hydrogens (tertiary/aromatic N) is 6. The molecule has 0 radical (unpaired) electrons. The average Bonchev–Trinajstić information content (AvgIpc) is 4.06. The number of tetrazole rings is 1. The van der Waals surface area contributed by atoms with Crippen molar-refractivity contribution in [2.45, 2.75) is 68.9 Å². The Bertz CT molecular complexity index is 3480. The van der Waals surface area contributed by atoms with Gasteiger partial charge in [0.25, 0.3) is 0 Å². The maximum absolute atomic E-state index is 16.2. The predicted octanol–water partition coefficient (Wildman–Crippen LogP) is 8.07. The molecule has 0 aliphatic rings. The normalized spacial score (nSPS) is 11.8. The van der Waals surface area contributed by atoms with E-state index in [2.05, 4.69) is 25.9 Å². The Hall–Kier alpha value is -8.34. The number of nitrogens with one attached hydrogen (secondary N) is 3. The summed E-state index contributed by atoms with van der Waals surface area (Å²) in [5.41, 5.74) is 2.97. The Labute approximate surface area is 440 Å². The molecule has 22 heteroatoms. The van der Waals surface area contributed by atoms with Gasteiger partial charge in [-0.1, -0.05) is 84.9 Å². The number of amides is 2. The molecule has 2 heterocycles. The second-order valence-electron chi connectivity index (χ2n) is 18.3. The molecular weight excluding hydrogens is 1010 g/mol. The lowest BCUT2D eigenvalue weighted by atomic mass is 9.98. The van der Waals surface area contributed by atoms with E-state index in [9.17, 15) is 9.59 Å². The molecule has 6 aromatic carbocycles. The number of carbonyl (C=O) groups excluding carboxylic acids is 2. The zero-order chi connectivity index (χ0) is 54.0. The van der Waals surface area contributed by atoms with E-state index in [1.54, 1.807) is 107 Å². The third kappa shape index (κ3) is 13.3. The number of fused-ring (bicyclic) bond motifs is 1. The average molecular weight is 1070 g/mol. The van der Waals surface area contributed by atoms with E-state index in [1.165, 1.54) is 35.5 Å². The topological polar surface area (TPSA) is 248 Å². The predicted molar refractivity (Wildman–Crippen MR) is 283 cm³/mol. The first-order chi connectivity index (χ1) is 36.4. The Balaban J connectivity index is 1.31. The van der Waals surface area contributed by atoms with E-state index in [-0.39, 0.29) is 49.7 Å². The van der Waals surface area contributed by atoms with Gasteiger partial charge < -0.3 is 39.3 Å². The van der Waals surface area contributed by atoms with Gasteiger partial charge in [0.15, 0.2) is 9.84 Å². The Morgan fingerprint density at radius 3 is 1.87 bits per heavy atom. The number of methoxy groups -OCH3 is 3. The van der Waals surface area contributed by atoms with E-state index in [1.807, 2.05) is 42.5 Å². The number of hydrogen-bond acceptors (Lipinski definition) is 15. The highest BCUT2D eigenvalue weighted by molar-refractivity contribution is 7.93. The molecule has 0 fully saturated rings. The molecule has 0 bridgehead atoms. The van der Waals surface area contributed by atoms with Crippen molar-refractivity contribution >= 4 is 43.1 Å². The van der Waals surface area contributed by atoms with Gasteiger partial charge in [0.05, 0.1) is 61.7 Å². The third-order valence-corrected chi connectivity index (χ3v) is 15.5. The maximum Gasteiger partial charge on any atom is 0.407 e. The minimum absolute atomic E-state index is 0.0489. The number of aromatic nitrogens is 6. The van der Waals surface area contributed by atoms with Gasteiger partial charge in [-0.05, 0) is 102 Å². The molecule has 2 aromatic heterocycles. The van der Waals surface area contributed by atoms with Crippen LogP contribution in [0.25, 0.3) is 33.5 Å². The molecule has 396 valence electrons. The summed E-state index contributed by atoms with van der Waals surface area (Å²) in [6.45, 7) is 4.15. The highest BCUT2D eigenvalue weighted by atomic mass is 32.2. The highest BCUT2D eigenvalue weighted by Gasteiger charge is 2.38. The molecule has 8 rings (SSSR count). The first kappa shape index (κ1) is 53.9. The first-order valence-corrected chi connectivity index (χ1v) is 27.0. The minimum Gasteiger partial charge on any atom is -0.497 e. The van der Waals surface area contributed by atoms with Gasteiger partial charge in [-0.25, -0.2) is 31.4 Å². The fourth-order valence-electron chi connectivity index (χ4n) is 8.07. The van der Waals surface area contributed by atoms with Crippen molar-refractivity contribution in [3.05, 3.63) is 162 Å². The number of imidazole rings is 1. The van der Waals surface area contributed by atoms with Gasteiger partial charge in [0.2, 0.25) is 15.8 Å². The van der Waals surface area contributed by atoms with Gasteiger partial charge in [0.1, 0.15) is 40.2 Å². The molecule has 0 aliphatic carbocycles. The number of ether oxygens (including phenoxy) is 5. The smallest absolute Gasteiger partial charge is 0.407 e. The van der Waals surface area contributed by atoms with Crippen molar-refractivity contribution in [1.82, 2.24) is 45.1 Å². The summed E-state index contributed by atoms with van der Waals surface area (Å²) >= 11 is 0. The van der Waals surface area contributed by atoms with Crippen LogP contribution >= 0.6 is 0 Å². The molecule has 0 saturated carbocycles. The van der Waals surface area contributed by atoms with Gasteiger partial charge in [-0.15, -0.1) is 10.2 Å². The van der Waals surface area contributed by atoms with Crippen LogP contribution in [0.5, 0.6) is 17.2 Å². The highest BCUT2D eigenvalue weighted by Crippen LogP contribution is 2.43. The van der Waals surface area contributed by atoms with Crippen LogP contribution < -0.4 is 24.8 Å². The van der Waals surface area contributed by atoms with E-state index < -0.39 is 59.7 Å². The summed E-state index contributed by atoms with van der Waals surface area (Å²) in [6, 6.07) is 37.9. The molecule has 0 aliphatic heterocycles. The van der Waals surface area contributed by atoms with E-state index in [4.69, 9.17) is 33.8 Å². The molecule has 2 amide bonds. The number of sulfone groups is 1. The lowest BCUT2D eigenvalue weighted by Gasteiger charge is -2.26. The lowest BCUT2D eigenvalue weighted by Crippen LogP contribution is -2.35. The Morgan fingerprint density at radius 1 is 0.671 bits per heavy atom. The Kier molecular flexibility index (Phi) is 16.7. The monoisotopic (exact) mass is 1070 g/mol. The van der Waals surface area contributed by atoms with Crippen LogP contribution in [0.15, 0.2) is 143 Å². The summed E-state index contributed by atoms with van der Waals surface area (Å²) in [5, 5.41) is 18.8. The summed E-state index contributed by atoms with van der Waals surface area (Å²) in [7, 11) is -5.07. The number of rotatable bonds is 21. The fourth-order valence-corrected chi connectivity index (χ4v) is 11.7. The molecule has 20 nitrogen and oxygen atoms in total. The van der Waals surface area contributed by atoms with Gasteiger partial charge in [-0.3, -0.25) is 0 Å². The van der Waals surface area contributed by atoms with Gasteiger partial charge >= 0.3 is 12.2 Å². The number of H-pyrrole nitrogens is 1. The van der Waals surface area contributed by atoms with E-state index in [0.717, 1.165) is 11.1 Å². The number of carbonyl (C=O) groups is 2. The minimum atomic E-state index is -5.01. The molecule has 3 N–H and O–H groups in total. The zero-order valence-corrected chi connectivity index (χ0v) is 44.3. The summed E-state index contributed by atoms with van der Waals surface area (Å²) < 4.78 is 90.6. The number of para-hydroxylation sites is 1. The first-order valence-electron chi connectivity index (χ1n) is 23.9. The van der Waals surface area contributed by atoms with Crippen LogP contribution in [-0.2, 0) is 62.1 Å². The van der Waals surface area contributed by atoms with Crippen LogP contribution in [0, 0.1) is 0 Å². The standard InChI is InChI=1S/C54H57N9O11S2/c1-54(2,3)74-53(65)55-29-30-75(66,67)46-28-27-43(44-13-10-14-45-49(44)58-47(57-45)31-56-52(64)73-35-39-11-8-7-9-12-39)48(51-59-61-63(60-51)34-38-19-25-42(72-6)26-20-38)50(46)76(68,69)62(32-36-15-21-40(70-4)22-16-36)33-37-17-23-41(71-5)24-18-37/h7-28H,29-35H2,1-6H3,(H,55,65)(H,56,64)(H,57,58). The lowest BCUT2D eigenvalue weighted by molar-refractivity contribution is 0.0531. The number of alkyl carbamates (subject to hydrolysis) is 2. The summed E-state index contributed by atoms with van der Waals surface area (Å²) in [4.78, 5) is 33.7. The molecule has 76 heavy (non-hydrogen) atoms. The van der Waals surface area contributed by atoms with Crippen LogP contribution in [0.1, 0.15) is 48.8 Å². The largest absolute Gasteiger partial charge is 0.497 e. The van der Waals surface area contributed by atoms with Crippen LogP contribution in [-0.4, -0.2) is 103 Å². The number of benzene rings is 6. The SMILES string of the molecule is COc1ccc(CN(Cc2ccc(OC)cc2)S(=O)(=O)c2c(S(=O)(=O)CCNC(=O)OC(C)(C)C)ccc(-c3cccc4[nH]c(CNC(=O)OCc5ccccc5)nc34)c2-c2nnn(Cc3ccc(OC)cc3)n2)cc1. The zero-order valence-electron chi connectivity index (χ0n) is 42.6. The summed E-state index contributed by atoms with van der Waals surface area (Å²) in [6.07, 6.45) is -1.54. The molecule has 8 aromatic rings. The Morgan fingerprint density at radius 2 is 1.28 bits per heavy atom. The van der Waals surface area contributed by atoms with Crippen LogP contribution in [0.2, 0.25) is 0 Å². The number of aromatic amines is 1. The quantitative estimate of drug-likeness (QED) is 0.0615. The van der Waals surface area contributed by atoms with Crippen LogP contribution in [0.4, 0.5) is 9.59 Å². The molecular formula is C54H57N9O11S2. The molecule has 0 saturated heterocycles. The number of sulfonamides is 1. The van der Waals surface area contributed by atoms with Crippen LogP contribution in [0.3, 0.4) is 0 Å². The second-order valence-corrected chi connectivity index (χ2v) is 22.3. The third-order valence-electron chi connectivity index (χ3n) is 11.8. The van der Waals surface area contributed by atoms with Crippen molar-refractivity contribution in [3.63, 3.8) is 0 Å². The molecule has 0 spiro atoms. The molecule has 0 unspecified atom stereocenters. The van der Waals surface area contributed by atoms with Crippen molar-refractivity contribution in [1.29, 1.82) is 0 Å². The summed E-state index contributed by atoms with van der Waals surface area (Å²) in [5.74, 6) is 1.07. The second kappa shape index (κ2) is 23.5. The van der Waals surface area contributed by atoms with Gasteiger partial charge in [0, 0.05) is 25.2 Å². The van der Waals surface area contributed by atoms with Crippen molar-refractivity contribution in [2.24, 2.45) is 0 Å². The fraction of sp³-hybridized carbons (Fsp3) is 0.259. The number of hydrogen-bond donors (Lipinski definition) is 3. The van der Waals surface area contributed by atoms with Crippen molar-refractivity contribution < 1.29 is 50.1 Å². The molecule has 0 atom stereocenters. The maximum atomic E-state index is 16.2. The van der Waals surface area contributed by atoms with Gasteiger partial charge in [-0.2, -0.15) is 9.10 Å². The van der Waals surface area contributed by atoms with Crippen molar-refractivity contribution in [2.75, 3.05) is 33.6 Å². The van der Waals surface area contributed by atoms with Crippen molar-refractivity contribution in [3.8, 4) is 39.8 Å².